The van der Waals surface area contributed by atoms with Gasteiger partial charge in [0.2, 0.25) is 0 Å². The normalized spacial score (nSPS) is 15.2. The van der Waals surface area contributed by atoms with Gasteiger partial charge in [-0.15, -0.1) is 0 Å². The van der Waals surface area contributed by atoms with Crippen LogP contribution in [0.4, 0.5) is 0 Å². The summed E-state index contributed by atoms with van der Waals surface area (Å²) in [7, 11) is 0. The fourth-order valence-corrected chi connectivity index (χ4v) is 2.17. The van der Waals surface area contributed by atoms with Crippen LogP contribution in [0.5, 0.6) is 0 Å². The molecule has 0 aliphatic carbocycles. The molecule has 0 radical (unpaired) electrons. The average molecular weight is 199 g/mol. The molecule has 2 aromatic rings. The Kier molecular flexibility index (Phi) is 1.89. The summed E-state index contributed by atoms with van der Waals surface area (Å²) in [6, 6.07) is 8.65. The summed E-state index contributed by atoms with van der Waals surface area (Å²) in [6.45, 7) is 6.31. The van der Waals surface area contributed by atoms with Crippen molar-refractivity contribution in [2.24, 2.45) is 0 Å². The van der Waals surface area contributed by atoms with Gasteiger partial charge in [-0.1, -0.05) is 24.8 Å². The first-order valence-corrected chi connectivity index (χ1v) is 5.21. The third-order valence-electron chi connectivity index (χ3n) is 2.96. The molecule has 0 saturated carbocycles. The van der Waals surface area contributed by atoms with Crippen molar-refractivity contribution in [1.82, 2.24) is 4.57 Å². The van der Waals surface area contributed by atoms with Gasteiger partial charge in [-0.25, -0.2) is 0 Å². The van der Waals surface area contributed by atoms with Crippen molar-refractivity contribution in [3.8, 4) is 0 Å². The van der Waals surface area contributed by atoms with Gasteiger partial charge < -0.3 is 9.30 Å². The minimum Gasteiger partial charge on any atom is -0.373 e. The Balaban J connectivity index is 2.29. The highest BCUT2D eigenvalue weighted by Crippen LogP contribution is 2.24. The highest BCUT2D eigenvalue weighted by molar-refractivity contribution is 5.83. The van der Waals surface area contributed by atoms with Crippen molar-refractivity contribution < 1.29 is 4.74 Å². The largest absolute Gasteiger partial charge is 0.373 e. The van der Waals surface area contributed by atoms with Crippen LogP contribution in [-0.4, -0.2) is 11.2 Å². The summed E-state index contributed by atoms with van der Waals surface area (Å²) in [5, 5.41) is 1.29. The van der Waals surface area contributed by atoms with Crippen molar-refractivity contribution >= 4 is 17.0 Å². The fourth-order valence-electron chi connectivity index (χ4n) is 2.17. The van der Waals surface area contributed by atoms with Gasteiger partial charge in [0.25, 0.3) is 0 Å². The monoisotopic (exact) mass is 199 g/mol. The van der Waals surface area contributed by atoms with Crippen LogP contribution in [0.15, 0.2) is 30.8 Å². The Hall–Kier alpha value is -1.54. The van der Waals surface area contributed by atoms with Crippen molar-refractivity contribution in [2.75, 3.05) is 6.61 Å². The van der Waals surface area contributed by atoms with E-state index < -0.39 is 0 Å². The van der Waals surface area contributed by atoms with E-state index in [9.17, 15) is 0 Å². The molecule has 1 aromatic heterocycles. The molecule has 76 valence electrons. The third kappa shape index (κ3) is 1.29. The first-order chi connectivity index (χ1) is 7.38. The van der Waals surface area contributed by atoms with E-state index in [0.29, 0.717) is 0 Å². The van der Waals surface area contributed by atoms with Gasteiger partial charge in [0.15, 0.2) is 0 Å². The highest BCUT2D eigenvalue weighted by Gasteiger charge is 2.12. The van der Waals surface area contributed by atoms with Crippen LogP contribution in [0, 0.1) is 0 Å². The maximum Gasteiger partial charge on any atom is 0.0869 e. The van der Waals surface area contributed by atoms with Crippen molar-refractivity contribution in [3.63, 3.8) is 0 Å². The zero-order valence-corrected chi connectivity index (χ0v) is 8.57. The number of rotatable bonds is 1. The summed E-state index contributed by atoms with van der Waals surface area (Å²) < 4.78 is 7.78. The molecule has 1 aliphatic heterocycles. The molecule has 0 bridgehead atoms. The number of fused-ring (bicyclic) bond motifs is 3. The van der Waals surface area contributed by atoms with E-state index in [4.69, 9.17) is 4.74 Å². The molecule has 0 N–H and O–H groups in total. The van der Waals surface area contributed by atoms with E-state index in [2.05, 4.69) is 35.4 Å². The standard InChI is InChI=1S/C13H13NO/c1-2-10-3-4-11-8-12-9-15-6-5-14(12)13(11)7-10/h2-4,7-8H,1,5-6,9H2. The lowest BCUT2D eigenvalue weighted by atomic mass is 10.1. The average Bonchev–Trinajstić information content (AvgIpc) is 2.66. The van der Waals surface area contributed by atoms with Gasteiger partial charge in [0, 0.05) is 17.8 Å². The van der Waals surface area contributed by atoms with Crippen LogP contribution >= 0.6 is 0 Å². The summed E-state index contributed by atoms with van der Waals surface area (Å²) in [4.78, 5) is 0. The van der Waals surface area contributed by atoms with Gasteiger partial charge in [0.1, 0.15) is 0 Å². The number of nitrogens with zero attached hydrogens (tertiary/aromatic N) is 1. The quantitative estimate of drug-likeness (QED) is 0.688. The number of hydrogen-bond acceptors (Lipinski definition) is 1. The van der Waals surface area contributed by atoms with Crippen LogP contribution < -0.4 is 0 Å². The third-order valence-corrected chi connectivity index (χ3v) is 2.96. The molecule has 15 heavy (non-hydrogen) atoms. The maximum atomic E-state index is 5.44. The molecule has 2 nitrogen and oxygen atoms in total. The van der Waals surface area contributed by atoms with Gasteiger partial charge >= 0.3 is 0 Å². The smallest absolute Gasteiger partial charge is 0.0869 e. The summed E-state index contributed by atoms with van der Waals surface area (Å²) in [5.74, 6) is 0. The van der Waals surface area contributed by atoms with Crippen LogP contribution in [0.3, 0.4) is 0 Å². The SMILES string of the molecule is C=Cc1ccc2cc3n(c2c1)CCOC3. The molecule has 0 amide bonds. The van der Waals surface area contributed by atoms with E-state index >= 15 is 0 Å². The van der Waals surface area contributed by atoms with Gasteiger partial charge in [-0.3, -0.25) is 0 Å². The molecule has 0 saturated heterocycles. The predicted octanol–water partition coefficient (Wildman–Crippen LogP) is 2.81. The molecule has 2 heteroatoms. The molecule has 0 spiro atoms. The second kappa shape index (κ2) is 3.24. The topological polar surface area (TPSA) is 14.2 Å². The number of hydrogen-bond donors (Lipinski definition) is 0. The van der Waals surface area contributed by atoms with E-state index in [0.717, 1.165) is 19.8 Å². The first-order valence-electron chi connectivity index (χ1n) is 5.21. The Morgan fingerprint density at radius 1 is 1.33 bits per heavy atom. The summed E-state index contributed by atoms with van der Waals surface area (Å²) in [5.41, 5.74) is 3.75. The van der Waals surface area contributed by atoms with E-state index in [1.807, 2.05) is 6.08 Å². The fraction of sp³-hybridized carbons (Fsp3) is 0.231. The number of ether oxygens (including phenoxy) is 1. The molecular formula is C13H13NO. The predicted molar refractivity (Wildman–Crippen MR) is 61.7 cm³/mol. The van der Waals surface area contributed by atoms with Gasteiger partial charge in [0.05, 0.1) is 13.2 Å². The summed E-state index contributed by atoms with van der Waals surface area (Å²) in [6.07, 6.45) is 1.89. The maximum absolute atomic E-state index is 5.44. The molecule has 0 fully saturated rings. The highest BCUT2D eigenvalue weighted by atomic mass is 16.5. The van der Waals surface area contributed by atoms with E-state index in [1.54, 1.807) is 0 Å². The van der Waals surface area contributed by atoms with Gasteiger partial charge in [-0.2, -0.15) is 0 Å². The molecule has 1 aliphatic rings. The second-order valence-corrected chi connectivity index (χ2v) is 3.86. The number of aromatic nitrogens is 1. The molecule has 1 aromatic carbocycles. The zero-order valence-electron chi connectivity index (χ0n) is 8.57. The molecular weight excluding hydrogens is 186 g/mol. The lowest BCUT2D eigenvalue weighted by molar-refractivity contribution is 0.0865. The second-order valence-electron chi connectivity index (χ2n) is 3.86. The zero-order chi connectivity index (χ0) is 10.3. The Morgan fingerprint density at radius 3 is 3.13 bits per heavy atom. The van der Waals surface area contributed by atoms with Gasteiger partial charge in [-0.05, 0) is 23.1 Å². The minimum absolute atomic E-state index is 0.734. The molecule has 0 atom stereocenters. The first kappa shape index (κ1) is 8.74. The van der Waals surface area contributed by atoms with Crippen molar-refractivity contribution in [2.45, 2.75) is 13.2 Å². The molecule has 2 heterocycles. The summed E-state index contributed by atoms with van der Waals surface area (Å²) >= 11 is 0. The number of benzene rings is 1. The van der Waals surface area contributed by atoms with Crippen LogP contribution in [0.25, 0.3) is 17.0 Å². The van der Waals surface area contributed by atoms with E-state index in [-0.39, 0.29) is 0 Å². The Morgan fingerprint density at radius 2 is 2.27 bits per heavy atom. The molecule has 3 rings (SSSR count). The van der Waals surface area contributed by atoms with Crippen LogP contribution in [-0.2, 0) is 17.9 Å². The van der Waals surface area contributed by atoms with Crippen LogP contribution in [0.2, 0.25) is 0 Å². The van der Waals surface area contributed by atoms with Crippen LogP contribution in [0.1, 0.15) is 11.3 Å². The lowest BCUT2D eigenvalue weighted by Gasteiger charge is -2.16. The Labute approximate surface area is 88.8 Å². The van der Waals surface area contributed by atoms with Crippen molar-refractivity contribution in [3.05, 3.63) is 42.1 Å². The van der Waals surface area contributed by atoms with E-state index in [1.165, 1.54) is 22.2 Å². The van der Waals surface area contributed by atoms with Crippen molar-refractivity contribution in [1.29, 1.82) is 0 Å². The lowest BCUT2D eigenvalue weighted by Crippen LogP contribution is -2.15. The Bertz CT molecular complexity index is 525. The molecule has 0 unspecified atom stereocenters. The minimum atomic E-state index is 0.734.